The molecular formula is C24H26N2O3S. The first-order valence-corrected chi connectivity index (χ1v) is 10.7. The molecule has 2 aliphatic rings. The Balaban J connectivity index is 1.64. The van der Waals surface area contributed by atoms with Gasteiger partial charge in [-0.25, -0.2) is 0 Å². The van der Waals surface area contributed by atoms with E-state index in [1.165, 1.54) is 0 Å². The summed E-state index contributed by atoms with van der Waals surface area (Å²) in [5, 5.41) is 4.04. The molecule has 156 valence electrons. The zero-order chi connectivity index (χ0) is 21.1. The highest BCUT2D eigenvalue weighted by Crippen LogP contribution is 2.39. The van der Waals surface area contributed by atoms with Gasteiger partial charge in [0, 0.05) is 24.2 Å². The first kappa shape index (κ1) is 20.4. The standard InChI is InChI=1S/C24H26N2O3S/c1-3-26-18-10-7-11-19(27)22(18)23(25-24(26)30)17-12-13-20(21(14-17)28-2)29-15-16-8-5-4-6-9-16/h4-6,8-9,12-14,23H,3,7,10-11,15H2,1-2H3,(H,25,30). The van der Waals surface area contributed by atoms with Crippen molar-refractivity contribution in [3.05, 3.63) is 70.9 Å². The van der Waals surface area contributed by atoms with E-state index in [2.05, 4.69) is 12.2 Å². The molecule has 30 heavy (non-hydrogen) atoms. The third-order valence-electron chi connectivity index (χ3n) is 5.63. The molecule has 2 aromatic rings. The van der Waals surface area contributed by atoms with Gasteiger partial charge in [-0.2, -0.15) is 0 Å². The molecule has 2 aromatic carbocycles. The molecule has 1 aliphatic heterocycles. The molecule has 0 spiro atoms. The number of hydrogen-bond donors (Lipinski definition) is 1. The third-order valence-corrected chi connectivity index (χ3v) is 5.97. The number of nitrogens with zero attached hydrogens (tertiary/aromatic N) is 1. The Kier molecular flexibility index (Phi) is 6.04. The minimum Gasteiger partial charge on any atom is -0.493 e. The normalized spacial score (nSPS) is 18.7. The fourth-order valence-electron chi connectivity index (χ4n) is 4.15. The quantitative estimate of drug-likeness (QED) is 0.690. The number of hydrogen-bond acceptors (Lipinski definition) is 4. The van der Waals surface area contributed by atoms with Crippen molar-refractivity contribution in [2.75, 3.05) is 13.7 Å². The van der Waals surface area contributed by atoms with Gasteiger partial charge in [-0.15, -0.1) is 0 Å². The predicted octanol–water partition coefficient (Wildman–Crippen LogP) is 4.53. The van der Waals surface area contributed by atoms with Crippen LogP contribution < -0.4 is 14.8 Å². The molecule has 4 rings (SSSR count). The topological polar surface area (TPSA) is 50.8 Å². The van der Waals surface area contributed by atoms with Gasteiger partial charge in [0.1, 0.15) is 6.61 Å². The number of Topliss-reactive ketones (excluding diaryl/α,β-unsaturated/α-hetero) is 1. The van der Waals surface area contributed by atoms with Gasteiger partial charge in [-0.3, -0.25) is 4.79 Å². The minimum absolute atomic E-state index is 0.193. The van der Waals surface area contributed by atoms with Crippen LogP contribution in [0.1, 0.15) is 43.4 Å². The molecular weight excluding hydrogens is 396 g/mol. The highest BCUT2D eigenvalue weighted by molar-refractivity contribution is 7.80. The van der Waals surface area contributed by atoms with Crippen molar-refractivity contribution in [2.45, 2.75) is 38.8 Å². The first-order valence-electron chi connectivity index (χ1n) is 10.3. The van der Waals surface area contributed by atoms with Crippen molar-refractivity contribution < 1.29 is 14.3 Å². The zero-order valence-corrected chi connectivity index (χ0v) is 18.1. The fraction of sp³-hybridized carbons (Fsp3) is 0.333. The van der Waals surface area contributed by atoms with Gasteiger partial charge in [0.25, 0.3) is 0 Å². The van der Waals surface area contributed by atoms with Crippen molar-refractivity contribution in [2.24, 2.45) is 0 Å². The average Bonchev–Trinajstić information content (AvgIpc) is 2.78. The van der Waals surface area contributed by atoms with Crippen molar-refractivity contribution in [3.8, 4) is 11.5 Å². The Bertz CT molecular complexity index is 987. The summed E-state index contributed by atoms with van der Waals surface area (Å²) in [6, 6.07) is 15.6. The summed E-state index contributed by atoms with van der Waals surface area (Å²) >= 11 is 5.61. The van der Waals surface area contributed by atoms with Gasteiger partial charge in [0.15, 0.2) is 22.4 Å². The average molecular weight is 423 g/mol. The van der Waals surface area contributed by atoms with Crippen LogP contribution in [0.25, 0.3) is 0 Å². The summed E-state index contributed by atoms with van der Waals surface area (Å²) in [6.45, 7) is 3.27. The molecule has 1 aliphatic carbocycles. The second kappa shape index (κ2) is 8.88. The lowest BCUT2D eigenvalue weighted by Crippen LogP contribution is -2.49. The summed E-state index contributed by atoms with van der Waals surface area (Å²) in [4.78, 5) is 14.9. The largest absolute Gasteiger partial charge is 0.493 e. The van der Waals surface area contributed by atoms with Crippen LogP contribution in [-0.4, -0.2) is 29.5 Å². The number of methoxy groups -OCH3 is 1. The van der Waals surface area contributed by atoms with Gasteiger partial charge >= 0.3 is 0 Å². The predicted molar refractivity (Wildman–Crippen MR) is 121 cm³/mol. The molecule has 5 nitrogen and oxygen atoms in total. The molecule has 1 atom stereocenters. The van der Waals surface area contributed by atoms with Crippen LogP contribution in [0.4, 0.5) is 0 Å². The van der Waals surface area contributed by atoms with Crippen molar-refractivity contribution in [3.63, 3.8) is 0 Å². The summed E-state index contributed by atoms with van der Waals surface area (Å²) in [6.07, 6.45) is 2.33. The van der Waals surface area contributed by atoms with Crippen molar-refractivity contribution in [1.82, 2.24) is 10.2 Å². The van der Waals surface area contributed by atoms with E-state index in [0.29, 0.717) is 29.6 Å². The third kappa shape index (κ3) is 3.92. The van der Waals surface area contributed by atoms with Crippen LogP contribution in [0.5, 0.6) is 11.5 Å². The Labute approximate surface area is 182 Å². The lowest BCUT2D eigenvalue weighted by Gasteiger charge is -2.40. The van der Waals surface area contributed by atoms with Crippen LogP contribution in [-0.2, 0) is 11.4 Å². The number of allylic oxidation sites excluding steroid dienone is 1. The number of carbonyl (C=O) groups excluding carboxylic acids is 1. The molecule has 0 aromatic heterocycles. The number of benzene rings is 2. The van der Waals surface area contributed by atoms with E-state index >= 15 is 0 Å². The van der Waals surface area contributed by atoms with E-state index in [4.69, 9.17) is 21.7 Å². The molecule has 0 fully saturated rings. The van der Waals surface area contributed by atoms with Gasteiger partial charge in [0.2, 0.25) is 0 Å². The number of nitrogens with one attached hydrogen (secondary N) is 1. The van der Waals surface area contributed by atoms with E-state index in [1.54, 1.807) is 7.11 Å². The summed E-state index contributed by atoms with van der Waals surface area (Å²) in [5.41, 5.74) is 3.92. The van der Waals surface area contributed by atoms with E-state index in [0.717, 1.165) is 41.8 Å². The van der Waals surface area contributed by atoms with Crippen LogP contribution in [0.2, 0.25) is 0 Å². The first-order chi connectivity index (χ1) is 14.6. The number of ketones is 1. The van der Waals surface area contributed by atoms with Gasteiger partial charge in [-0.05, 0) is 55.2 Å². The van der Waals surface area contributed by atoms with Crippen LogP contribution >= 0.6 is 12.2 Å². The molecule has 1 unspecified atom stereocenters. The highest BCUT2D eigenvalue weighted by Gasteiger charge is 2.36. The van der Waals surface area contributed by atoms with E-state index in [1.807, 2.05) is 53.4 Å². The van der Waals surface area contributed by atoms with E-state index < -0.39 is 0 Å². The number of ether oxygens (including phenoxy) is 2. The van der Waals surface area contributed by atoms with E-state index in [9.17, 15) is 4.79 Å². The molecule has 0 saturated heterocycles. The minimum atomic E-state index is -0.264. The lowest BCUT2D eigenvalue weighted by molar-refractivity contribution is -0.116. The molecule has 1 heterocycles. The molecule has 0 radical (unpaired) electrons. The Morgan fingerprint density at radius 2 is 1.93 bits per heavy atom. The van der Waals surface area contributed by atoms with Gasteiger partial charge in [0.05, 0.1) is 13.2 Å². The maximum absolute atomic E-state index is 12.8. The van der Waals surface area contributed by atoms with Gasteiger partial charge in [-0.1, -0.05) is 36.4 Å². The van der Waals surface area contributed by atoms with Crippen molar-refractivity contribution in [1.29, 1.82) is 0 Å². The SMILES string of the molecule is CCN1C(=S)NC(c2ccc(OCc3ccccc3)c(OC)c2)C2=C1CCCC2=O. The molecule has 0 saturated carbocycles. The van der Waals surface area contributed by atoms with Crippen LogP contribution in [0.15, 0.2) is 59.8 Å². The smallest absolute Gasteiger partial charge is 0.173 e. The lowest BCUT2D eigenvalue weighted by atomic mass is 9.84. The zero-order valence-electron chi connectivity index (χ0n) is 17.3. The van der Waals surface area contributed by atoms with Crippen LogP contribution in [0.3, 0.4) is 0 Å². The molecule has 1 N–H and O–H groups in total. The monoisotopic (exact) mass is 422 g/mol. The summed E-state index contributed by atoms with van der Waals surface area (Å²) in [7, 11) is 1.63. The van der Waals surface area contributed by atoms with E-state index in [-0.39, 0.29) is 11.8 Å². The Hall–Kier alpha value is -2.86. The number of thiocarbonyl (C=S) groups is 1. The maximum Gasteiger partial charge on any atom is 0.173 e. The Morgan fingerprint density at radius 3 is 2.67 bits per heavy atom. The van der Waals surface area contributed by atoms with Gasteiger partial charge < -0.3 is 19.7 Å². The number of carbonyl (C=O) groups is 1. The van der Waals surface area contributed by atoms with Crippen LogP contribution in [0, 0.1) is 0 Å². The molecule has 0 bridgehead atoms. The highest BCUT2D eigenvalue weighted by atomic mass is 32.1. The Morgan fingerprint density at radius 1 is 1.13 bits per heavy atom. The molecule has 0 amide bonds. The number of rotatable bonds is 6. The summed E-state index contributed by atoms with van der Waals surface area (Å²) in [5.74, 6) is 1.50. The molecule has 6 heteroatoms. The fourth-order valence-corrected chi connectivity index (χ4v) is 4.51. The second-order valence-electron chi connectivity index (χ2n) is 7.45. The second-order valence-corrected chi connectivity index (χ2v) is 7.84. The maximum atomic E-state index is 12.8. The summed E-state index contributed by atoms with van der Waals surface area (Å²) < 4.78 is 11.6. The van der Waals surface area contributed by atoms with Crippen molar-refractivity contribution >= 4 is 23.1 Å².